The predicted molar refractivity (Wildman–Crippen MR) is 51.3 cm³/mol. The van der Waals surface area contributed by atoms with Crippen molar-refractivity contribution in [1.82, 2.24) is 0 Å². The van der Waals surface area contributed by atoms with E-state index in [1.54, 1.807) is 0 Å². The Balaban J connectivity index is -0.000000375. The van der Waals surface area contributed by atoms with Gasteiger partial charge in [-0.25, -0.2) is 0 Å². The van der Waals surface area contributed by atoms with Crippen LogP contribution in [0.4, 0.5) is 0 Å². The molecule has 0 aromatic carbocycles. The Bertz CT molecular complexity index is 298. The fraction of sp³-hybridized carbons (Fsp3) is 1.00. The van der Waals surface area contributed by atoms with Crippen LogP contribution >= 0.6 is 15.2 Å². The number of hydrogen-bond donors (Lipinski definition) is 1. The van der Waals surface area contributed by atoms with Crippen LogP contribution in [0.1, 0.15) is 32.6 Å². The molecule has 2 unspecified atom stereocenters. The third kappa shape index (κ3) is 16.4. The standard InChI is InChI=1S/C7H18O7P2.3K/c1-2-3-4-5-6-14-16(12,13)7(8)15(9,10)11;;;/h7-8H,2-6H2,1H3,(H,12,13)(H2,9,10,11);;;/q;3*+1/p-3. The molecule has 98 valence electrons. The van der Waals surface area contributed by atoms with Crippen molar-refractivity contribution in [3.8, 4) is 0 Å². The Morgan fingerprint density at radius 2 is 1.53 bits per heavy atom. The van der Waals surface area contributed by atoms with Gasteiger partial charge in [0.2, 0.25) is 0 Å². The van der Waals surface area contributed by atoms with Crippen LogP contribution < -0.4 is 169 Å². The van der Waals surface area contributed by atoms with E-state index in [1.165, 1.54) is 0 Å². The fourth-order valence-corrected chi connectivity index (χ4v) is 3.06. The summed E-state index contributed by atoms with van der Waals surface area (Å²) in [6, 6.07) is 0. The molecule has 0 saturated heterocycles. The van der Waals surface area contributed by atoms with E-state index >= 15 is 0 Å². The van der Waals surface area contributed by atoms with Crippen molar-refractivity contribution in [2.75, 3.05) is 6.61 Å². The van der Waals surface area contributed by atoms with Crippen molar-refractivity contribution < 1.29 is 188 Å². The molecule has 0 aliphatic rings. The summed E-state index contributed by atoms with van der Waals surface area (Å²) < 4.78 is 25.5. The maximum atomic E-state index is 11.0. The van der Waals surface area contributed by atoms with Gasteiger partial charge in [0.1, 0.15) is 5.59 Å². The Morgan fingerprint density at radius 1 is 1.05 bits per heavy atom. The van der Waals surface area contributed by atoms with Gasteiger partial charge in [-0.15, -0.1) is 0 Å². The Labute approximate surface area is 241 Å². The molecule has 0 heterocycles. The predicted octanol–water partition coefficient (Wildman–Crippen LogP) is -9.66. The van der Waals surface area contributed by atoms with E-state index in [9.17, 15) is 23.8 Å². The van der Waals surface area contributed by atoms with Gasteiger partial charge >= 0.3 is 154 Å². The van der Waals surface area contributed by atoms with Crippen molar-refractivity contribution in [3.05, 3.63) is 0 Å². The summed E-state index contributed by atoms with van der Waals surface area (Å²) in [5, 5.41) is 8.73. The Morgan fingerprint density at radius 3 is 1.89 bits per heavy atom. The van der Waals surface area contributed by atoms with Crippen LogP contribution in [-0.2, 0) is 13.7 Å². The second-order valence-corrected chi connectivity index (χ2v) is 7.12. The van der Waals surface area contributed by atoms with Crippen LogP contribution in [0.2, 0.25) is 0 Å². The molecular formula is C7H15K3O7P2. The first-order chi connectivity index (χ1) is 7.22. The van der Waals surface area contributed by atoms with E-state index in [0.29, 0.717) is 6.42 Å². The third-order valence-corrected chi connectivity index (χ3v) is 5.21. The van der Waals surface area contributed by atoms with Gasteiger partial charge in [0.05, 0.1) is 6.61 Å². The average Bonchev–Trinajstić information content (AvgIpc) is 2.15. The van der Waals surface area contributed by atoms with Crippen LogP contribution in [-0.4, -0.2) is 17.3 Å². The number of hydrogen-bond acceptors (Lipinski definition) is 7. The van der Waals surface area contributed by atoms with Crippen molar-refractivity contribution >= 4 is 15.2 Å². The van der Waals surface area contributed by atoms with Gasteiger partial charge in [-0.3, -0.25) is 0 Å². The first-order valence-electron chi connectivity index (χ1n) is 4.87. The molecule has 0 bridgehead atoms. The maximum Gasteiger partial charge on any atom is 1.00 e. The smallest absolute Gasteiger partial charge is 0.809 e. The first-order valence-corrected chi connectivity index (χ1v) is 8.09. The van der Waals surface area contributed by atoms with Crippen molar-refractivity contribution in [1.29, 1.82) is 0 Å². The third-order valence-electron chi connectivity index (χ3n) is 1.83. The van der Waals surface area contributed by atoms with Gasteiger partial charge in [-0.2, -0.15) is 0 Å². The van der Waals surface area contributed by atoms with E-state index in [4.69, 9.17) is 5.11 Å². The van der Waals surface area contributed by atoms with E-state index in [-0.39, 0.29) is 161 Å². The molecule has 19 heavy (non-hydrogen) atoms. The van der Waals surface area contributed by atoms with Crippen LogP contribution in [0.5, 0.6) is 0 Å². The summed E-state index contributed by atoms with van der Waals surface area (Å²) in [7, 11) is -10.6. The first kappa shape index (κ1) is 31.9. The Kier molecular flexibility index (Phi) is 27.9. The van der Waals surface area contributed by atoms with Gasteiger partial charge in [-0.1, -0.05) is 26.2 Å². The second-order valence-electron chi connectivity index (χ2n) is 3.32. The molecule has 7 nitrogen and oxygen atoms in total. The molecule has 0 radical (unpaired) electrons. The monoisotopic (exact) mass is 390 g/mol. The zero-order valence-electron chi connectivity index (χ0n) is 11.9. The van der Waals surface area contributed by atoms with Gasteiger partial charge in [0.15, 0.2) is 7.60 Å². The molecule has 0 aliphatic heterocycles. The van der Waals surface area contributed by atoms with Crippen molar-refractivity contribution in [2.24, 2.45) is 0 Å². The minimum Gasteiger partial charge on any atom is -0.809 e. The van der Waals surface area contributed by atoms with Crippen LogP contribution in [0, 0.1) is 0 Å². The molecule has 12 heteroatoms. The molecule has 0 fully saturated rings. The molecule has 0 aromatic heterocycles. The average molecular weight is 390 g/mol. The molecule has 1 N–H and O–H groups in total. The van der Waals surface area contributed by atoms with Gasteiger partial charge < -0.3 is 33.4 Å². The summed E-state index contributed by atoms with van der Waals surface area (Å²) in [5.41, 5.74) is -2.99. The molecule has 0 saturated carbocycles. The molecule has 0 spiro atoms. The molecule has 0 amide bonds. The fourth-order valence-electron chi connectivity index (χ4n) is 0.961. The second kappa shape index (κ2) is 16.6. The normalized spacial score (nSPS) is 15.2. The minimum atomic E-state index is -5.58. The Hall–Kier alpha value is 5.17. The number of aliphatic hydroxyl groups is 1. The summed E-state index contributed by atoms with van der Waals surface area (Å²) in [5.74, 6) is 0. The molecular weight excluding hydrogens is 375 g/mol. The minimum absolute atomic E-state index is 0. The summed E-state index contributed by atoms with van der Waals surface area (Å²) in [6.07, 6.45) is 3.01. The van der Waals surface area contributed by atoms with Crippen molar-refractivity contribution in [2.45, 2.75) is 38.2 Å². The number of aliphatic hydroxyl groups excluding tert-OH is 1. The largest absolute Gasteiger partial charge is 1.00 e. The number of rotatable bonds is 8. The van der Waals surface area contributed by atoms with E-state index in [1.807, 2.05) is 6.92 Å². The zero-order chi connectivity index (χ0) is 12.8. The summed E-state index contributed by atoms with van der Waals surface area (Å²) in [4.78, 5) is 31.6. The quantitative estimate of drug-likeness (QED) is 0.247. The topological polar surface area (TPSA) is 133 Å². The molecule has 0 aliphatic carbocycles. The van der Waals surface area contributed by atoms with E-state index < -0.39 is 20.8 Å². The van der Waals surface area contributed by atoms with Crippen molar-refractivity contribution in [3.63, 3.8) is 0 Å². The molecule has 0 aromatic rings. The van der Waals surface area contributed by atoms with Gasteiger partial charge in [-0.05, 0) is 14.0 Å². The van der Waals surface area contributed by atoms with Crippen LogP contribution in [0.25, 0.3) is 0 Å². The van der Waals surface area contributed by atoms with Gasteiger partial charge in [0.25, 0.3) is 0 Å². The van der Waals surface area contributed by atoms with Crippen LogP contribution in [0.3, 0.4) is 0 Å². The summed E-state index contributed by atoms with van der Waals surface area (Å²) in [6.45, 7) is 1.74. The zero-order valence-corrected chi connectivity index (χ0v) is 23.1. The van der Waals surface area contributed by atoms with E-state index in [0.717, 1.165) is 19.3 Å². The van der Waals surface area contributed by atoms with Crippen LogP contribution in [0.15, 0.2) is 0 Å². The number of unbranched alkanes of at least 4 members (excludes halogenated alkanes) is 3. The molecule has 2 atom stereocenters. The van der Waals surface area contributed by atoms with E-state index in [2.05, 4.69) is 4.52 Å². The summed E-state index contributed by atoms with van der Waals surface area (Å²) >= 11 is 0. The van der Waals surface area contributed by atoms with Gasteiger partial charge in [0, 0.05) is 0 Å². The molecule has 0 rings (SSSR count). The maximum absolute atomic E-state index is 11.0. The SMILES string of the molecule is CCCCCCOP(=O)([O-])C(O)P(=O)([O-])[O-].[K+].[K+].[K+].